The van der Waals surface area contributed by atoms with Gasteiger partial charge in [0.2, 0.25) is 0 Å². The Labute approximate surface area is 134 Å². The van der Waals surface area contributed by atoms with Gasteiger partial charge < -0.3 is 19.4 Å². The molecule has 0 aliphatic carbocycles. The topological polar surface area (TPSA) is 50.4 Å². The summed E-state index contributed by atoms with van der Waals surface area (Å²) in [5, 5.41) is 1.13. The van der Waals surface area contributed by atoms with Crippen LogP contribution in [0.3, 0.4) is 0 Å². The highest BCUT2D eigenvalue weighted by molar-refractivity contribution is 5.77. The number of pyridine rings is 1. The van der Waals surface area contributed by atoms with E-state index >= 15 is 0 Å². The second-order valence-electron chi connectivity index (χ2n) is 5.66. The SMILES string of the molecule is COc1cccc2c1OCCCN(c1ccc3cc[nH]c3n1)C2. The second kappa shape index (κ2) is 5.83. The molecular weight excluding hydrogens is 290 g/mol. The molecule has 0 unspecified atom stereocenters. The fourth-order valence-electron chi connectivity index (χ4n) is 3.02. The van der Waals surface area contributed by atoms with Crippen LogP contribution in [-0.4, -0.2) is 30.2 Å². The highest BCUT2D eigenvalue weighted by Gasteiger charge is 2.18. The Morgan fingerprint density at radius 2 is 2.17 bits per heavy atom. The van der Waals surface area contributed by atoms with Crippen molar-refractivity contribution in [1.29, 1.82) is 0 Å². The molecule has 2 aromatic heterocycles. The Hall–Kier alpha value is -2.69. The average Bonchev–Trinajstić information content (AvgIpc) is 3.02. The van der Waals surface area contributed by atoms with Gasteiger partial charge in [-0.2, -0.15) is 0 Å². The maximum atomic E-state index is 5.91. The van der Waals surface area contributed by atoms with Gasteiger partial charge in [0.25, 0.3) is 0 Å². The van der Waals surface area contributed by atoms with Crippen LogP contribution in [0.2, 0.25) is 0 Å². The van der Waals surface area contributed by atoms with Crippen molar-refractivity contribution in [2.75, 3.05) is 25.2 Å². The lowest BCUT2D eigenvalue weighted by atomic mass is 10.1. The zero-order valence-electron chi connectivity index (χ0n) is 13.1. The molecule has 118 valence electrons. The van der Waals surface area contributed by atoms with Gasteiger partial charge in [-0.3, -0.25) is 0 Å². The molecule has 0 saturated heterocycles. The van der Waals surface area contributed by atoms with Gasteiger partial charge in [-0.25, -0.2) is 4.98 Å². The van der Waals surface area contributed by atoms with E-state index in [1.807, 2.05) is 24.4 Å². The van der Waals surface area contributed by atoms with E-state index in [1.54, 1.807) is 7.11 Å². The molecule has 1 N–H and O–H groups in total. The number of aromatic nitrogens is 2. The number of ether oxygens (including phenoxy) is 2. The lowest BCUT2D eigenvalue weighted by Gasteiger charge is -2.28. The quantitative estimate of drug-likeness (QED) is 0.788. The number of para-hydroxylation sites is 1. The van der Waals surface area contributed by atoms with Crippen molar-refractivity contribution in [3.05, 3.63) is 48.2 Å². The molecule has 0 saturated carbocycles. The van der Waals surface area contributed by atoms with E-state index in [0.29, 0.717) is 6.61 Å². The molecule has 0 radical (unpaired) electrons. The number of methoxy groups -OCH3 is 1. The third kappa shape index (κ3) is 2.59. The Balaban J connectivity index is 1.71. The summed E-state index contributed by atoms with van der Waals surface area (Å²) in [5.74, 6) is 2.62. The van der Waals surface area contributed by atoms with Crippen LogP contribution < -0.4 is 14.4 Å². The summed E-state index contributed by atoms with van der Waals surface area (Å²) in [5.41, 5.74) is 2.05. The summed E-state index contributed by atoms with van der Waals surface area (Å²) in [4.78, 5) is 10.2. The van der Waals surface area contributed by atoms with E-state index in [2.05, 4.69) is 28.1 Å². The minimum absolute atomic E-state index is 0.675. The number of nitrogens with one attached hydrogen (secondary N) is 1. The Morgan fingerprint density at radius 1 is 1.22 bits per heavy atom. The first-order valence-electron chi connectivity index (χ1n) is 7.83. The largest absolute Gasteiger partial charge is 0.493 e. The number of anilines is 1. The van der Waals surface area contributed by atoms with Crippen LogP contribution >= 0.6 is 0 Å². The second-order valence-corrected chi connectivity index (χ2v) is 5.66. The third-order valence-electron chi connectivity index (χ3n) is 4.18. The van der Waals surface area contributed by atoms with Crippen molar-refractivity contribution in [1.82, 2.24) is 9.97 Å². The standard InChI is InChI=1S/C18H19N3O2/c1-22-15-5-2-4-14-12-21(10-3-11-23-17(14)15)16-7-6-13-8-9-19-18(13)20-16/h2,4-9H,3,10-12H2,1H3,(H,19,20). The number of nitrogens with zero attached hydrogens (tertiary/aromatic N) is 2. The van der Waals surface area contributed by atoms with Crippen molar-refractivity contribution in [3.8, 4) is 11.5 Å². The highest BCUT2D eigenvalue weighted by atomic mass is 16.5. The van der Waals surface area contributed by atoms with Gasteiger partial charge in [-0.05, 0) is 30.7 Å². The lowest BCUT2D eigenvalue weighted by molar-refractivity contribution is 0.281. The molecular formula is C18H19N3O2. The minimum atomic E-state index is 0.675. The lowest BCUT2D eigenvalue weighted by Crippen LogP contribution is -2.28. The predicted octanol–water partition coefficient (Wildman–Crippen LogP) is 3.36. The molecule has 5 heteroatoms. The number of rotatable bonds is 2. The number of H-pyrrole nitrogens is 1. The Bertz CT molecular complexity index is 828. The van der Waals surface area contributed by atoms with Gasteiger partial charge >= 0.3 is 0 Å². The molecule has 5 nitrogen and oxygen atoms in total. The van der Waals surface area contributed by atoms with Gasteiger partial charge in [0.05, 0.1) is 13.7 Å². The van der Waals surface area contributed by atoms with E-state index in [0.717, 1.165) is 53.4 Å². The van der Waals surface area contributed by atoms with Crippen LogP contribution in [0.4, 0.5) is 5.82 Å². The number of benzene rings is 1. The van der Waals surface area contributed by atoms with Crippen LogP contribution in [0.15, 0.2) is 42.6 Å². The van der Waals surface area contributed by atoms with Crippen LogP contribution in [-0.2, 0) is 6.54 Å². The molecule has 0 spiro atoms. The third-order valence-corrected chi connectivity index (χ3v) is 4.18. The van der Waals surface area contributed by atoms with Gasteiger partial charge in [0.15, 0.2) is 11.5 Å². The summed E-state index contributed by atoms with van der Waals surface area (Å²) in [7, 11) is 1.68. The number of hydrogen-bond donors (Lipinski definition) is 1. The summed E-state index contributed by atoms with van der Waals surface area (Å²) in [6.45, 7) is 2.34. The first-order valence-corrected chi connectivity index (χ1v) is 7.83. The fraction of sp³-hybridized carbons (Fsp3) is 0.278. The van der Waals surface area contributed by atoms with Crippen LogP contribution in [0.5, 0.6) is 11.5 Å². The first kappa shape index (κ1) is 13.9. The van der Waals surface area contributed by atoms with Crippen LogP contribution in [0, 0.1) is 0 Å². The summed E-state index contributed by atoms with van der Waals surface area (Å²) in [6.07, 6.45) is 2.87. The monoisotopic (exact) mass is 309 g/mol. The van der Waals surface area contributed by atoms with Crippen molar-refractivity contribution < 1.29 is 9.47 Å². The predicted molar refractivity (Wildman–Crippen MR) is 90.2 cm³/mol. The van der Waals surface area contributed by atoms with Crippen LogP contribution in [0.1, 0.15) is 12.0 Å². The molecule has 4 rings (SSSR count). The number of fused-ring (bicyclic) bond motifs is 2. The van der Waals surface area contributed by atoms with Gasteiger partial charge in [0.1, 0.15) is 11.5 Å². The van der Waals surface area contributed by atoms with E-state index in [-0.39, 0.29) is 0 Å². The Kier molecular flexibility index (Phi) is 3.54. The van der Waals surface area contributed by atoms with Gasteiger partial charge in [0, 0.05) is 30.2 Å². The molecule has 0 amide bonds. The summed E-state index contributed by atoms with van der Waals surface area (Å²) >= 11 is 0. The maximum absolute atomic E-state index is 5.91. The van der Waals surface area contributed by atoms with E-state index in [9.17, 15) is 0 Å². The zero-order valence-corrected chi connectivity index (χ0v) is 13.1. The van der Waals surface area contributed by atoms with Crippen LogP contribution in [0.25, 0.3) is 11.0 Å². The van der Waals surface area contributed by atoms with Gasteiger partial charge in [-0.1, -0.05) is 12.1 Å². The minimum Gasteiger partial charge on any atom is -0.493 e. The first-order chi connectivity index (χ1) is 11.3. The average molecular weight is 309 g/mol. The molecule has 1 aliphatic heterocycles. The molecule has 0 atom stereocenters. The van der Waals surface area contributed by atoms with Gasteiger partial charge in [-0.15, -0.1) is 0 Å². The molecule has 1 aromatic carbocycles. The van der Waals surface area contributed by atoms with Crippen molar-refractivity contribution in [3.63, 3.8) is 0 Å². The Morgan fingerprint density at radius 3 is 3.09 bits per heavy atom. The molecule has 0 bridgehead atoms. The molecule has 23 heavy (non-hydrogen) atoms. The maximum Gasteiger partial charge on any atom is 0.166 e. The smallest absolute Gasteiger partial charge is 0.166 e. The fourth-order valence-corrected chi connectivity index (χ4v) is 3.02. The molecule has 0 fully saturated rings. The normalized spacial score (nSPS) is 14.7. The number of aromatic amines is 1. The molecule has 3 heterocycles. The summed E-state index contributed by atoms with van der Waals surface area (Å²) in [6, 6.07) is 12.3. The van der Waals surface area contributed by atoms with Crippen molar-refractivity contribution in [2.24, 2.45) is 0 Å². The van der Waals surface area contributed by atoms with E-state index < -0.39 is 0 Å². The summed E-state index contributed by atoms with van der Waals surface area (Å²) < 4.78 is 11.3. The number of hydrogen-bond acceptors (Lipinski definition) is 4. The van der Waals surface area contributed by atoms with E-state index in [1.165, 1.54) is 0 Å². The van der Waals surface area contributed by atoms with Crippen molar-refractivity contribution >= 4 is 16.9 Å². The van der Waals surface area contributed by atoms with Crippen molar-refractivity contribution in [2.45, 2.75) is 13.0 Å². The highest BCUT2D eigenvalue weighted by Crippen LogP contribution is 2.34. The molecule has 1 aliphatic rings. The van der Waals surface area contributed by atoms with E-state index in [4.69, 9.17) is 14.5 Å². The zero-order chi connectivity index (χ0) is 15.6. The molecule has 3 aromatic rings.